The van der Waals surface area contributed by atoms with Crippen molar-refractivity contribution in [3.05, 3.63) is 65.2 Å². The first-order valence-corrected chi connectivity index (χ1v) is 8.56. The molecular formula is C21H21F2NO4. The van der Waals surface area contributed by atoms with Crippen LogP contribution in [0.3, 0.4) is 0 Å². The highest BCUT2D eigenvalue weighted by Gasteiger charge is 2.17. The number of alkyl halides is 2. The summed E-state index contributed by atoms with van der Waals surface area (Å²) in [6, 6.07) is 11.3. The number of halogens is 2. The Morgan fingerprint density at radius 2 is 1.75 bits per heavy atom. The fourth-order valence-electron chi connectivity index (χ4n) is 2.38. The third kappa shape index (κ3) is 6.50. The van der Waals surface area contributed by atoms with Crippen molar-refractivity contribution >= 4 is 23.6 Å². The van der Waals surface area contributed by atoms with E-state index in [4.69, 9.17) is 4.74 Å². The van der Waals surface area contributed by atoms with Gasteiger partial charge in [-0.1, -0.05) is 29.8 Å². The molecule has 0 spiro atoms. The van der Waals surface area contributed by atoms with E-state index in [1.165, 1.54) is 37.3 Å². The van der Waals surface area contributed by atoms with Gasteiger partial charge < -0.3 is 14.8 Å². The fourth-order valence-corrected chi connectivity index (χ4v) is 2.38. The van der Waals surface area contributed by atoms with Crippen LogP contribution in [0.1, 0.15) is 23.6 Å². The SMILES string of the molecule is Cc1ccc(NC(=O)[C@H](C)OC(=O)/C=C/c2ccc(OC(F)F)cc2)c(C)c1. The van der Waals surface area contributed by atoms with Gasteiger partial charge in [-0.15, -0.1) is 0 Å². The average molecular weight is 389 g/mol. The Balaban J connectivity index is 1.88. The largest absolute Gasteiger partial charge is 0.449 e. The molecule has 2 rings (SSSR count). The molecule has 1 amide bonds. The molecule has 1 atom stereocenters. The molecule has 5 nitrogen and oxygen atoms in total. The molecule has 2 aromatic rings. The van der Waals surface area contributed by atoms with Crippen LogP contribution in [0.15, 0.2) is 48.5 Å². The molecule has 2 aromatic carbocycles. The van der Waals surface area contributed by atoms with E-state index in [9.17, 15) is 18.4 Å². The zero-order valence-electron chi connectivity index (χ0n) is 15.7. The molecule has 0 saturated heterocycles. The van der Waals surface area contributed by atoms with Crippen molar-refractivity contribution in [3.63, 3.8) is 0 Å². The van der Waals surface area contributed by atoms with Crippen LogP contribution < -0.4 is 10.1 Å². The molecule has 0 saturated carbocycles. The van der Waals surface area contributed by atoms with Crippen LogP contribution in [-0.4, -0.2) is 24.6 Å². The number of ether oxygens (including phenoxy) is 2. The highest BCUT2D eigenvalue weighted by molar-refractivity contribution is 5.97. The summed E-state index contributed by atoms with van der Waals surface area (Å²) in [5, 5.41) is 2.72. The molecule has 0 heterocycles. The lowest BCUT2D eigenvalue weighted by molar-refractivity contribution is -0.148. The van der Waals surface area contributed by atoms with Crippen LogP contribution in [-0.2, 0) is 14.3 Å². The second-order valence-electron chi connectivity index (χ2n) is 6.17. The Morgan fingerprint density at radius 3 is 2.36 bits per heavy atom. The number of aryl methyl sites for hydroxylation is 2. The van der Waals surface area contributed by atoms with Gasteiger partial charge in [-0.05, 0) is 56.2 Å². The van der Waals surface area contributed by atoms with E-state index in [2.05, 4.69) is 10.1 Å². The number of hydrogen-bond acceptors (Lipinski definition) is 4. The van der Waals surface area contributed by atoms with Crippen molar-refractivity contribution in [1.82, 2.24) is 0 Å². The molecule has 0 bridgehead atoms. The first-order chi connectivity index (χ1) is 13.2. The smallest absolute Gasteiger partial charge is 0.387 e. The van der Waals surface area contributed by atoms with Gasteiger partial charge >= 0.3 is 12.6 Å². The van der Waals surface area contributed by atoms with Crippen LogP contribution in [0.4, 0.5) is 14.5 Å². The lowest BCUT2D eigenvalue weighted by Gasteiger charge is -2.14. The van der Waals surface area contributed by atoms with Crippen LogP contribution in [0.5, 0.6) is 5.75 Å². The monoisotopic (exact) mass is 389 g/mol. The Kier molecular flexibility index (Phi) is 7.26. The molecular weight excluding hydrogens is 368 g/mol. The van der Waals surface area contributed by atoms with Gasteiger partial charge in [0.05, 0.1) is 0 Å². The minimum absolute atomic E-state index is 0.0198. The summed E-state index contributed by atoms with van der Waals surface area (Å²) < 4.78 is 33.5. The Bertz CT molecular complexity index is 863. The zero-order chi connectivity index (χ0) is 20.7. The van der Waals surface area contributed by atoms with Gasteiger partial charge in [0.25, 0.3) is 5.91 Å². The molecule has 0 fully saturated rings. The molecule has 0 aromatic heterocycles. The van der Waals surface area contributed by atoms with Crippen molar-refractivity contribution in [2.45, 2.75) is 33.5 Å². The maximum atomic E-state index is 12.2. The van der Waals surface area contributed by atoms with Crippen molar-refractivity contribution < 1.29 is 27.8 Å². The molecule has 0 aliphatic heterocycles. The van der Waals surface area contributed by atoms with Gasteiger partial charge in [0.1, 0.15) is 5.75 Å². The quantitative estimate of drug-likeness (QED) is 0.560. The van der Waals surface area contributed by atoms with E-state index in [0.29, 0.717) is 11.3 Å². The predicted octanol–water partition coefficient (Wildman–Crippen LogP) is 4.49. The molecule has 0 radical (unpaired) electrons. The number of nitrogens with one attached hydrogen (secondary N) is 1. The number of amides is 1. The maximum absolute atomic E-state index is 12.2. The maximum Gasteiger partial charge on any atom is 0.387 e. The van der Waals surface area contributed by atoms with Crippen LogP contribution >= 0.6 is 0 Å². The Labute approximate surface area is 162 Å². The number of carbonyl (C=O) groups is 2. The van der Waals surface area contributed by atoms with Gasteiger partial charge in [-0.2, -0.15) is 8.78 Å². The standard InChI is InChI=1S/C21H21F2NO4/c1-13-4-10-18(14(2)12-13)24-20(26)15(3)27-19(25)11-7-16-5-8-17(9-6-16)28-21(22)23/h4-12,15,21H,1-3H3,(H,24,26)/b11-7+/t15-/m0/s1. The second-order valence-corrected chi connectivity index (χ2v) is 6.17. The van der Waals surface area contributed by atoms with Gasteiger partial charge in [-0.3, -0.25) is 4.79 Å². The molecule has 7 heteroatoms. The van der Waals surface area contributed by atoms with E-state index in [-0.39, 0.29) is 5.75 Å². The summed E-state index contributed by atoms with van der Waals surface area (Å²) >= 11 is 0. The number of rotatable bonds is 7. The topological polar surface area (TPSA) is 64.6 Å². The highest BCUT2D eigenvalue weighted by Crippen LogP contribution is 2.17. The van der Waals surface area contributed by atoms with Crippen molar-refractivity contribution in [1.29, 1.82) is 0 Å². The number of carbonyl (C=O) groups excluding carboxylic acids is 2. The minimum atomic E-state index is -2.90. The third-order valence-electron chi connectivity index (χ3n) is 3.82. The summed E-state index contributed by atoms with van der Waals surface area (Å²) in [6.45, 7) is 2.41. The first-order valence-electron chi connectivity index (χ1n) is 8.56. The highest BCUT2D eigenvalue weighted by atomic mass is 19.3. The van der Waals surface area contributed by atoms with Gasteiger partial charge in [-0.25, -0.2) is 4.79 Å². The van der Waals surface area contributed by atoms with Crippen molar-refractivity contribution in [3.8, 4) is 5.75 Å². The Morgan fingerprint density at radius 1 is 1.07 bits per heavy atom. The molecule has 0 aliphatic rings. The van der Waals surface area contributed by atoms with Crippen molar-refractivity contribution in [2.24, 2.45) is 0 Å². The van der Waals surface area contributed by atoms with E-state index in [1.54, 1.807) is 6.07 Å². The van der Waals surface area contributed by atoms with Gasteiger partial charge in [0.2, 0.25) is 0 Å². The summed E-state index contributed by atoms with van der Waals surface area (Å²) in [7, 11) is 0. The average Bonchev–Trinajstić information content (AvgIpc) is 2.63. The lowest BCUT2D eigenvalue weighted by Crippen LogP contribution is -2.29. The van der Waals surface area contributed by atoms with E-state index in [1.807, 2.05) is 26.0 Å². The van der Waals surface area contributed by atoms with E-state index in [0.717, 1.165) is 17.2 Å². The zero-order valence-corrected chi connectivity index (χ0v) is 15.7. The van der Waals surface area contributed by atoms with Crippen LogP contribution in [0.25, 0.3) is 6.08 Å². The van der Waals surface area contributed by atoms with E-state index >= 15 is 0 Å². The number of benzene rings is 2. The van der Waals surface area contributed by atoms with E-state index < -0.39 is 24.6 Å². The predicted molar refractivity (Wildman–Crippen MR) is 102 cm³/mol. The van der Waals surface area contributed by atoms with Gasteiger partial charge in [0.15, 0.2) is 6.10 Å². The molecule has 28 heavy (non-hydrogen) atoms. The van der Waals surface area contributed by atoms with Crippen molar-refractivity contribution in [2.75, 3.05) is 5.32 Å². The summed E-state index contributed by atoms with van der Waals surface area (Å²) in [4.78, 5) is 24.1. The molecule has 1 N–H and O–H groups in total. The summed E-state index contributed by atoms with van der Waals surface area (Å²) in [6.07, 6.45) is 1.62. The molecule has 0 aliphatic carbocycles. The first kappa shape index (κ1) is 21.1. The summed E-state index contributed by atoms with van der Waals surface area (Å²) in [5.74, 6) is -1.12. The third-order valence-corrected chi connectivity index (χ3v) is 3.82. The summed E-state index contributed by atoms with van der Waals surface area (Å²) in [5.41, 5.74) is 3.23. The van der Waals surface area contributed by atoms with Gasteiger partial charge in [0, 0.05) is 11.8 Å². The van der Waals surface area contributed by atoms with Crippen LogP contribution in [0.2, 0.25) is 0 Å². The fraction of sp³-hybridized carbons (Fsp3) is 0.238. The number of hydrogen-bond donors (Lipinski definition) is 1. The number of anilines is 1. The molecule has 0 unspecified atom stereocenters. The number of esters is 1. The van der Waals surface area contributed by atoms with Crippen LogP contribution in [0, 0.1) is 13.8 Å². The Hall–Kier alpha value is -3.22. The molecule has 148 valence electrons. The lowest BCUT2D eigenvalue weighted by atomic mass is 10.1. The minimum Gasteiger partial charge on any atom is -0.449 e. The second kappa shape index (κ2) is 9.64. The normalized spacial score (nSPS) is 12.1.